The quantitative estimate of drug-likeness (QED) is 0.902. The minimum atomic E-state index is -0.951. The second kappa shape index (κ2) is 6.13. The van der Waals surface area contributed by atoms with E-state index in [1.54, 1.807) is 19.2 Å². The molecule has 1 aromatic rings. The molecular weight excluding hydrogens is 274 g/mol. The smallest absolute Gasteiger partial charge is 0.311 e. The van der Waals surface area contributed by atoms with Gasteiger partial charge >= 0.3 is 5.97 Å². The molecule has 1 aliphatic heterocycles. The van der Waals surface area contributed by atoms with Gasteiger partial charge in [0.2, 0.25) is 0 Å². The highest BCUT2D eigenvalue weighted by atomic mass is 16.5. The topological polar surface area (TPSA) is 76.1 Å². The van der Waals surface area contributed by atoms with Crippen molar-refractivity contribution in [3.8, 4) is 5.75 Å². The Morgan fingerprint density at radius 3 is 2.71 bits per heavy atom. The average molecular weight is 293 g/mol. The van der Waals surface area contributed by atoms with E-state index in [9.17, 15) is 14.7 Å². The molecule has 0 aliphatic carbocycles. The lowest BCUT2D eigenvalue weighted by molar-refractivity contribution is -0.142. The standard InChI is InChI=1S/C15H19NO5/c1-9-4-5-13(20-3)10(6-9)14(17)16(2)12-8-21-7-11(12)15(18)19/h4-6,11-12H,7-8H2,1-3H3,(H,18,19). The maximum absolute atomic E-state index is 12.6. The molecule has 0 bridgehead atoms. The van der Waals surface area contributed by atoms with Gasteiger partial charge in [0.1, 0.15) is 11.7 Å². The molecule has 1 fully saturated rings. The highest BCUT2D eigenvalue weighted by Gasteiger charge is 2.39. The number of carboxylic acids is 1. The van der Waals surface area contributed by atoms with Gasteiger partial charge in [-0.1, -0.05) is 11.6 Å². The number of nitrogens with zero attached hydrogens (tertiary/aromatic N) is 1. The zero-order chi connectivity index (χ0) is 15.6. The average Bonchev–Trinajstić information content (AvgIpc) is 2.95. The predicted octanol–water partition coefficient (Wildman–Crippen LogP) is 1.18. The first-order valence-electron chi connectivity index (χ1n) is 6.68. The minimum absolute atomic E-state index is 0.128. The maximum Gasteiger partial charge on any atom is 0.311 e. The zero-order valence-corrected chi connectivity index (χ0v) is 12.3. The van der Waals surface area contributed by atoms with Gasteiger partial charge in [-0.2, -0.15) is 0 Å². The molecule has 1 N–H and O–H groups in total. The van der Waals surface area contributed by atoms with Crippen LogP contribution in [0.4, 0.5) is 0 Å². The van der Waals surface area contributed by atoms with Gasteiger partial charge in [-0.05, 0) is 19.1 Å². The van der Waals surface area contributed by atoms with Crippen molar-refractivity contribution < 1.29 is 24.2 Å². The first-order chi connectivity index (χ1) is 9.95. The molecule has 2 unspecified atom stereocenters. The summed E-state index contributed by atoms with van der Waals surface area (Å²) in [5, 5.41) is 9.19. The molecule has 2 atom stereocenters. The largest absolute Gasteiger partial charge is 0.496 e. The van der Waals surface area contributed by atoms with E-state index in [0.717, 1.165) is 5.56 Å². The van der Waals surface area contributed by atoms with Crippen molar-refractivity contribution in [2.75, 3.05) is 27.4 Å². The number of ether oxygens (including phenoxy) is 2. The van der Waals surface area contributed by atoms with Crippen LogP contribution in [0.3, 0.4) is 0 Å². The lowest BCUT2D eigenvalue weighted by Gasteiger charge is -2.27. The van der Waals surface area contributed by atoms with E-state index in [4.69, 9.17) is 9.47 Å². The number of carbonyl (C=O) groups is 2. The molecule has 1 aromatic carbocycles. The Labute approximate surface area is 123 Å². The van der Waals surface area contributed by atoms with Crippen molar-refractivity contribution in [2.45, 2.75) is 13.0 Å². The third kappa shape index (κ3) is 3.00. The Kier molecular flexibility index (Phi) is 4.47. The van der Waals surface area contributed by atoms with Gasteiger partial charge in [-0.3, -0.25) is 9.59 Å². The van der Waals surface area contributed by atoms with Crippen molar-refractivity contribution in [1.29, 1.82) is 0 Å². The summed E-state index contributed by atoms with van der Waals surface area (Å²) in [6.07, 6.45) is 0. The second-order valence-electron chi connectivity index (χ2n) is 5.17. The molecule has 6 nitrogen and oxygen atoms in total. The van der Waals surface area contributed by atoms with Crippen molar-refractivity contribution in [2.24, 2.45) is 5.92 Å². The van der Waals surface area contributed by atoms with Crippen molar-refractivity contribution in [1.82, 2.24) is 4.90 Å². The molecule has 114 valence electrons. The van der Waals surface area contributed by atoms with Gasteiger partial charge in [-0.15, -0.1) is 0 Å². The highest BCUT2D eigenvalue weighted by molar-refractivity contribution is 5.97. The molecule has 1 amide bonds. The first-order valence-corrected chi connectivity index (χ1v) is 6.68. The van der Waals surface area contributed by atoms with E-state index < -0.39 is 17.9 Å². The van der Waals surface area contributed by atoms with E-state index in [-0.39, 0.29) is 19.1 Å². The number of hydrogen-bond donors (Lipinski definition) is 1. The number of benzene rings is 1. The van der Waals surface area contributed by atoms with Crippen LogP contribution in [0.2, 0.25) is 0 Å². The van der Waals surface area contributed by atoms with Crippen LogP contribution in [0.1, 0.15) is 15.9 Å². The van der Waals surface area contributed by atoms with Crippen LogP contribution in [0, 0.1) is 12.8 Å². The van der Waals surface area contributed by atoms with E-state index in [0.29, 0.717) is 11.3 Å². The van der Waals surface area contributed by atoms with E-state index in [1.807, 2.05) is 13.0 Å². The lowest BCUT2D eigenvalue weighted by atomic mass is 10.0. The molecule has 2 rings (SSSR count). The third-order valence-corrected chi connectivity index (χ3v) is 3.77. The second-order valence-corrected chi connectivity index (χ2v) is 5.17. The number of likely N-dealkylation sites (N-methyl/N-ethyl adjacent to an activating group) is 1. The van der Waals surface area contributed by atoms with Crippen LogP contribution in [-0.4, -0.2) is 55.3 Å². The number of methoxy groups -OCH3 is 1. The van der Waals surface area contributed by atoms with Crippen LogP contribution in [0.25, 0.3) is 0 Å². The Morgan fingerprint density at radius 2 is 2.10 bits per heavy atom. The highest BCUT2D eigenvalue weighted by Crippen LogP contribution is 2.25. The number of hydrogen-bond acceptors (Lipinski definition) is 4. The molecule has 0 saturated carbocycles. The summed E-state index contributed by atoms with van der Waals surface area (Å²) in [6, 6.07) is 4.86. The number of aliphatic carboxylic acids is 1. The molecule has 1 saturated heterocycles. The van der Waals surface area contributed by atoms with E-state index in [1.165, 1.54) is 12.0 Å². The Bertz CT molecular complexity index is 557. The van der Waals surface area contributed by atoms with Crippen molar-refractivity contribution in [3.05, 3.63) is 29.3 Å². The Balaban J connectivity index is 2.27. The SMILES string of the molecule is COc1ccc(C)cc1C(=O)N(C)C1COCC1C(=O)O. The van der Waals surface area contributed by atoms with Crippen LogP contribution in [0.5, 0.6) is 5.75 Å². The summed E-state index contributed by atoms with van der Waals surface area (Å²) in [5.41, 5.74) is 1.36. The number of rotatable bonds is 4. The fourth-order valence-electron chi connectivity index (χ4n) is 2.49. The molecular formula is C15H19NO5. The van der Waals surface area contributed by atoms with Crippen LogP contribution in [-0.2, 0) is 9.53 Å². The number of carboxylic acid groups (broad SMARTS) is 1. The number of aryl methyl sites for hydroxylation is 1. The van der Waals surface area contributed by atoms with Gasteiger partial charge in [0.05, 0.1) is 31.9 Å². The molecule has 0 aromatic heterocycles. The fourth-order valence-corrected chi connectivity index (χ4v) is 2.49. The van der Waals surface area contributed by atoms with Gasteiger partial charge in [0.15, 0.2) is 0 Å². The van der Waals surface area contributed by atoms with Gasteiger partial charge in [-0.25, -0.2) is 0 Å². The fraction of sp³-hybridized carbons (Fsp3) is 0.467. The van der Waals surface area contributed by atoms with Gasteiger partial charge < -0.3 is 19.5 Å². The van der Waals surface area contributed by atoms with E-state index in [2.05, 4.69) is 0 Å². The summed E-state index contributed by atoms with van der Waals surface area (Å²) in [4.78, 5) is 25.3. The summed E-state index contributed by atoms with van der Waals surface area (Å²) < 4.78 is 10.4. The molecule has 1 heterocycles. The lowest BCUT2D eigenvalue weighted by Crippen LogP contribution is -2.44. The van der Waals surface area contributed by atoms with Crippen LogP contribution < -0.4 is 4.74 Å². The number of amides is 1. The predicted molar refractivity (Wildman–Crippen MR) is 75.6 cm³/mol. The van der Waals surface area contributed by atoms with Crippen molar-refractivity contribution >= 4 is 11.9 Å². The van der Waals surface area contributed by atoms with Crippen LogP contribution >= 0.6 is 0 Å². The molecule has 0 spiro atoms. The molecule has 1 aliphatic rings. The van der Waals surface area contributed by atoms with Crippen molar-refractivity contribution in [3.63, 3.8) is 0 Å². The Morgan fingerprint density at radius 1 is 1.38 bits per heavy atom. The zero-order valence-electron chi connectivity index (χ0n) is 12.3. The van der Waals surface area contributed by atoms with Gasteiger partial charge in [0.25, 0.3) is 5.91 Å². The van der Waals surface area contributed by atoms with Gasteiger partial charge in [0, 0.05) is 7.05 Å². The normalized spacial score (nSPS) is 21.1. The molecule has 0 radical (unpaired) electrons. The van der Waals surface area contributed by atoms with E-state index >= 15 is 0 Å². The number of carbonyl (C=O) groups excluding carboxylic acids is 1. The minimum Gasteiger partial charge on any atom is -0.496 e. The molecule has 6 heteroatoms. The summed E-state index contributed by atoms with van der Waals surface area (Å²) >= 11 is 0. The third-order valence-electron chi connectivity index (χ3n) is 3.77. The summed E-state index contributed by atoms with van der Waals surface area (Å²) in [5.74, 6) is -1.44. The summed E-state index contributed by atoms with van der Waals surface area (Å²) in [6.45, 7) is 2.24. The van der Waals surface area contributed by atoms with Crippen LogP contribution in [0.15, 0.2) is 18.2 Å². The molecule has 21 heavy (non-hydrogen) atoms. The summed E-state index contributed by atoms with van der Waals surface area (Å²) in [7, 11) is 3.10. The monoisotopic (exact) mass is 293 g/mol. The first kappa shape index (κ1) is 15.3. The maximum atomic E-state index is 12.6. The Hall–Kier alpha value is -2.08.